The molecule has 0 heterocycles. The summed E-state index contributed by atoms with van der Waals surface area (Å²) in [6.07, 6.45) is 50.6. The van der Waals surface area contributed by atoms with E-state index >= 15 is 0 Å². The van der Waals surface area contributed by atoms with Crippen LogP contribution in [0.1, 0.15) is 194 Å². The van der Waals surface area contributed by atoms with Gasteiger partial charge >= 0.3 is 6.03 Å². The van der Waals surface area contributed by atoms with Gasteiger partial charge in [0.1, 0.15) is 0 Å². The first-order valence-corrected chi connectivity index (χ1v) is 21.8. The number of carbonyl (C=O) groups is 2. The highest BCUT2D eigenvalue weighted by atomic mass is 16.2. The quantitative estimate of drug-likeness (QED) is 0.0520. The zero-order chi connectivity index (χ0) is 37.5. The molecular weight excluding hydrogens is 627 g/mol. The molecule has 0 aromatic heterocycles. The molecule has 3 amide bonds. The lowest BCUT2D eigenvalue weighted by Gasteiger charge is -2.27. The molecule has 0 bridgehead atoms. The van der Waals surface area contributed by atoms with E-state index in [2.05, 4.69) is 72.7 Å². The number of unbranched alkanes of at least 4 members (excludes halogenated alkanes) is 18. The van der Waals surface area contributed by atoms with Crippen LogP contribution in [0.2, 0.25) is 0 Å². The Morgan fingerprint density at radius 3 is 1.27 bits per heavy atom. The number of urea groups is 1. The highest BCUT2D eigenvalue weighted by Gasteiger charge is 2.28. The molecule has 0 aromatic carbocycles. The van der Waals surface area contributed by atoms with Gasteiger partial charge in [-0.15, -0.1) is 0 Å². The number of rotatable bonds is 36. The standard InChI is InChI=1S/C46H85N3O2/c1-6-9-11-13-15-17-19-21-23-25-27-29-31-33-35-37-40-44(45(50)49(46(51)47-8-3)43-39-42-48(4)5)41-38-36-34-32-30-28-26-24-22-20-18-16-14-12-10-7-2/h15-18,21-24,44H,6-14,19-20,25-43H2,1-5H3,(H,47,51)/b17-15-,18-16-,23-21-,24-22-. The van der Waals surface area contributed by atoms with Crippen molar-refractivity contribution in [3.05, 3.63) is 48.6 Å². The van der Waals surface area contributed by atoms with Crippen LogP contribution in [0.5, 0.6) is 0 Å². The predicted molar refractivity (Wildman–Crippen MR) is 225 cm³/mol. The van der Waals surface area contributed by atoms with Crippen molar-refractivity contribution >= 4 is 11.9 Å². The van der Waals surface area contributed by atoms with Gasteiger partial charge in [0.25, 0.3) is 0 Å². The van der Waals surface area contributed by atoms with E-state index in [9.17, 15) is 9.59 Å². The molecule has 0 atom stereocenters. The van der Waals surface area contributed by atoms with Gasteiger partial charge in [0.05, 0.1) is 0 Å². The average Bonchev–Trinajstić information content (AvgIpc) is 3.11. The van der Waals surface area contributed by atoms with Gasteiger partial charge in [0.15, 0.2) is 0 Å². The van der Waals surface area contributed by atoms with Crippen molar-refractivity contribution in [2.45, 2.75) is 194 Å². The van der Waals surface area contributed by atoms with Gasteiger partial charge in [-0.2, -0.15) is 0 Å². The second-order valence-electron chi connectivity index (χ2n) is 14.9. The van der Waals surface area contributed by atoms with E-state index in [1.165, 1.54) is 133 Å². The number of carbonyl (C=O) groups excluding carboxylic acids is 2. The fraction of sp³-hybridized carbons (Fsp3) is 0.783. The summed E-state index contributed by atoms with van der Waals surface area (Å²) in [5, 5.41) is 2.90. The Morgan fingerprint density at radius 1 is 0.490 bits per heavy atom. The lowest BCUT2D eigenvalue weighted by Crippen LogP contribution is -2.47. The molecule has 0 aliphatic carbocycles. The van der Waals surface area contributed by atoms with E-state index in [4.69, 9.17) is 0 Å². The summed E-state index contributed by atoms with van der Waals surface area (Å²) in [5.41, 5.74) is 0. The monoisotopic (exact) mass is 712 g/mol. The first kappa shape index (κ1) is 48.9. The molecule has 0 spiro atoms. The van der Waals surface area contributed by atoms with Crippen LogP contribution in [0, 0.1) is 5.92 Å². The van der Waals surface area contributed by atoms with Crippen molar-refractivity contribution < 1.29 is 9.59 Å². The topological polar surface area (TPSA) is 52.7 Å². The van der Waals surface area contributed by atoms with E-state index in [0.29, 0.717) is 13.1 Å². The molecule has 0 saturated heterocycles. The number of allylic oxidation sites excluding steroid dienone is 8. The van der Waals surface area contributed by atoms with E-state index in [0.717, 1.165) is 51.5 Å². The molecule has 0 fully saturated rings. The maximum atomic E-state index is 13.8. The van der Waals surface area contributed by atoms with E-state index in [1.54, 1.807) is 0 Å². The number of nitrogens with zero attached hydrogens (tertiary/aromatic N) is 2. The SMILES string of the molecule is CCCCC/C=C\C/C=C\CCCCCCCCC(CCCCCCCC/C=C\C/C=C\CCCCC)C(=O)N(CCCN(C)C)C(=O)NCC. The van der Waals surface area contributed by atoms with Gasteiger partial charge in [-0.1, -0.05) is 152 Å². The molecule has 0 aliphatic rings. The Morgan fingerprint density at radius 2 is 0.882 bits per heavy atom. The number of nitrogens with one attached hydrogen (secondary N) is 1. The zero-order valence-corrected chi connectivity index (χ0v) is 34.6. The second kappa shape index (κ2) is 39.1. The van der Waals surface area contributed by atoms with Crippen LogP contribution in [0.25, 0.3) is 0 Å². The molecule has 51 heavy (non-hydrogen) atoms. The van der Waals surface area contributed by atoms with Crippen LogP contribution < -0.4 is 5.32 Å². The smallest absolute Gasteiger partial charge is 0.324 e. The fourth-order valence-corrected chi connectivity index (χ4v) is 6.47. The highest BCUT2D eigenvalue weighted by molar-refractivity contribution is 5.95. The molecule has 0 radical (unpaired) electrons. The normalized spacial score (nSPS) is 12.2. The Kier molecular flexibility index (Phi) is 37.4. The molecule has 0 aliphatic heterocycles. The largest absolute Gasteiger partial charge is 0.338 e. The number of hydrogen-bond acceptors (Lipinski definition) is 3. The maximum absolute atomic E-state index is 13.8. The summed E-state index contributed by atoms with van der Waals surface area (Å²) in [6.45, 7) is 8.33. The highest BCUT2D eigenvalue weighted by Crippen LogP contribution is 2.22. The molecule has 0 saturated carbocycles. The Balaban J connectivity index is 4.57. The van der Waals surface area contributed by atoms with Gasteiger partial charge in [-0.25, -0.2) is 4.79 Å². The van der Waals surface area contributed by atoms with Crippen LogP contribution >= 0.6 is 0 Å². The molecule has 296 valence electrons. The van der Waals surface area contributed by atoms with E-state index in [-0.39, 0.29) is 17.9 Å². The summed E-state index contributed by atoms with van der Waals surface area (Å²) >= 11 is 0. The Hall–Kier alpha value is -2.14. The van der Waals surface area contributed by atoms with E-state index < -0.39 is 0 Å². The summed E-state index contributed by atoms with van der Waals surface area (Å²) in [4.78, 5) is 30.5. The summed E-state index contributed by atoms with van der Waals surface area (Å²) in [7, 11) is 4.08. The molecule has 0 unspecified atom stereocenters. The van der Waals surface area contributed by atoms with Gasteiger partial charge in [0.2, 0.25) is 5.91 Å². The van der Waals surface area contributed by atoms with Gasteiger partial charge in [-0.3, -0.25) is 9.69 Å². The van der Waals surface area contributed by atoms with Crippen molar-refractivity contribution in [2.24, 2.45) is 5.92 Å². The number of amides is 3. The lowest BCUT2D eigenvalue weighted by atomic mass is 9.92. The third-order valence-corrected chi connectivity index (χ3v) is 9.68. The molecule has 0 rings (SSSR count). The number of hydrogen-bond donors (Lipinski definition) is 1. The minimum absolute atomic E-state index is 0.0462. The van der Waals surface area contributed by atoms with Gasteiger partial charge in [0, 0.05) is 19.0 Å². The van der Waals surface area contributed by atoms with Crippen molar-refractivity contribution in [3.8, 4) is 0 Å². The number of imide groups is 1. The zero-order valence-electron chi connectivity index (χ0n) is 34.6. The van der Waals surface area contributed by atoms with Crippen LogP contribution in [-0.4, -0.2) is 55.5 Å². The molecule has 0 aromatic rings. The van der Waals surface area contributed by atoms with Gasteiger partial charge in [-0.05, 0) is 111 Å². The Labute approximate surface area is 318 Å². The Bertz CT molecular complexity index is 843. The fourth-order valence-electron chi connectivity index (χ4n) is 6.47. The van der Waals surface area contributed by atoms with Gasteiger partial charge < -0.3 is 10.2 Å². The van der Waals surface area contributed by atoms with Crippen molar-refractivity contribution in [1.82, 2.24) is 15.1 Å². The molecule has 5 heteroatoms. The van der Waals surface area contributed by atoms with Crippen LogP contribution in [0.3, 0.4) is 0 Å². The average molecular weight is 712 g/mol. The first-order valence-electron chi connectivity index (χ1n) is 21.8. The second-order valence-corrected chi connectivity index (χ2v) is 14.9. The predicted octanol–water partition coefficient (Wildman–Crippen LogP) is 13.5. The molecule has 1 N–H and O–H groups in total. The summed E-state index contributed by atoms with van der Waals surface area (Å²) in [6, 6.07) is -0.222. The molecule has 5 nitrogen and oxygen atoms in total. The van der Waals surface area contributed by atoms with Crippen LogP contribution in [0.4, 0.5) is 4.79 Å². The van der Waals surface area contributed by atoms with E-state index in [1.807, 2.05) is 21.0 Å². The molecular formula is C46H85N3O2. The van der Waals surface area contributed by atoms with Crippen LogP contribution in [0.15, 0.2) is 48.6 Å². The van der Waals surface area contributed by atoms with Crippen LogP contribution in [-0.2, 0) is 4.79 Å². The minimum atomic E-state index is -0.222. The third-order valence-electron chi connectivity index (χ3n) is 9.68. The lowest BCUT2D eigenvalue weighted by molar-refractivity contribution is -0.133. The van der Waals surface area contributed by atoms with Crippen molar-refractivity contribution in [3.63, 3.8) is 0 Å². The summed E-state index contributed by atoms with van der Waals surface area (Å²) < 4.78 is 0. The maximum Gasteiger partial charge on any atom is 0.324 e. The minimum Gasteiger partial charge on any atom is -0.338 e. The first-order chi connectivity index (χ1) is 25.0. The third kappa shape index (κ3) is 33.4. The van der Waals surface area contributed by atoms with Crippen molar-refractivity contribution in [2.75, 3.05) is 33.7 Å². The van der Waals surface area contributed by atoms with Crippen molar-refractivity contribution in [1.29, 1.82) is 0 Å². The summed E-state index contributed by atoms with van der Waals surface area (Å²) in [5.74, 6) is -0.00601.